The summed E-state index contributed by atoms with van der Waals surface area (Å²) in [6.45, 7) is 6.47. The Labute approximate surface area is 187 Å². The highest BCUT2D eigenvalue weighted by Gasteiger charge is 2.27. The van der Waals surface area contributed by atoms with Crippen molar-refractivity contribution in [1.29, 1.82) is 0 Å². The zero-order chi connectivity index (χ0) is 21.4. The first-order valence-electron chi connectivity index (χ1n) is 9.53. The van der Waals surface area contributed by atoms with Gasteiger partial charge in [-0.2, -0.15) is 0 Å². The van der Waals surface area contributed by atoms with E-state index in [0.29, 0.717) is 22.2 Å². The van der Waals surface area contributed by atoms with E-state index in [1.807, 2.05) is 38.1 Å². The van der Waals surface area contributed by atoms with Gasteiger partial charge in [-0.15, -0.1) is 11.8 Å². The molecule has 156 valence electrons. The van der Waals surface area contributed by atoms with E-state index in [2.05, 4.69) is 5.32 Å². The van der Waals surface area contributed by atoms with Gasteiger partial charge >= 0.3 is 0 Å². The maximum absolute atomic E-state index is 13.1. The van der Waals surface area contributed by atoms with Crippen molar-refractivity contribution in [1.82, 2.24) is 10.2 Å². The Morgan fingerprint density at radius 3 is 2.31 bits per heavy atom. The maximum atomic E-state index is 13.1. The summed E-state index contributed by atoms with van der Waals surface area (Å²) in [5.74, 6) is -0.120. The Morgan fingerprint density at radius 2 is 1.72 bits per heavy atom. The first kappa shape index (κ1) is 23.6. The second-order valence-corrected chi connectivity index (χ2v) is 8.65. The van der Waals surface area contributed by atoms with Crippen LogP contribution in [0.4, 0.5) is 0 Å². The number of amides is 2. The summed E-state index contributed by atoms with van der Waals surface area (Å²) in [5.41, 5.74) is 1.80. The molecule has 1 atom stereocenters. The molecule has 0 saturated carbocycles. The SMILES string of the molecule is CCCNC(=O)C(C)N(Cc1c(Cl)cccc1Cl)C(=O)CSc1ccc(C)cc1. The molecule has 2 amide bonds. The van der Waals surface area contributed by atoms with Crippen LogP contribution in [0.1, 0.15) is 31.4 Å². The molecule has 0 bridgehead atoms. The Kier molecular flexibility index (Phi) is 9.34. The minimum absolute atomic E-state index is 0.147. The lowest BCUT2D eigenvalue weighted by molar-refractivity contribution is -0.138. The van der Waals surface area contributed by atoms with E-state index in [-0.39, 0.29) is 24.1 Å². The summed E-state index contributed by atoms with van der Waals surface area (Å²) in [7, 11) is 0. The molecule has 2 aromatic carbocycles. The molecule has 0 aliphatic heterocycles. The molecule has 0 saturated heterocycles. The second kappa shape index (κ2) is 11.5. The zero-order valence-corrected chi connectivity index (χ0v) is 19.2. The molecule has 7 heteroatoms. The van der Waals surface area contributed by atoms with Crippen molar-refractivity contribution < 1.29 is 9.59 Å². The Hall–Kier alpha value is -1.69. The average molecular weight is 453 g/mol. The number of carbonyl (C=O) groups excluding carboxylic acids is 2. The molecule has 2 aromatic rings. The summed E-state index contributed by atoms with van der Waals surface area (Å²) in [6.07, 6.45) is 0.825. The molecule has 0 spiro atoms. The van der Waals surface area contributed by atoms with Crippen molar-refractivity contribution in [2.75, 3.05) is 12.3 Å². The third kappa shape index (κ3) is 6.95. The minimum Gasteiger partial charge on any atom is -0.354 e. The number of thioether (sulfide) groups is 1. The molecule has 0 aliphatic rings. The first-order chi connectivity index (χ1) is 13.8. The minimum atomic E-state index is -0.639. The number of rotatable bonds is 9. The molecule has 0 aromatic heterocycles. The van der Waals surface area contributed by atoms with E-state index in [4.69, 9.17) is 23.2 Å². The van der Waals surface area contributed by atoms with Crippen LogP contribution in [0.5, 0.6) is 0 Å². The predicted molar refractivity (Wildman–Crippen MR) is 122 cm³/mol. The van der Waals surface area contributed by atoms with Gasteiger partial charge in [0.05, 0.1) is 5.75 Å². The Morgan fingerprint density at radius 1 is 1.10 bits per heavy atom. The summed E-state index contributed by atoms with van der Waals surface area (Å²) >= 11 is 14.1. The third-order valence-corrected chi connectivity index (χ3v) is 6.19. The van der Waals surface area contributed by atoms with E-state index in [1.165, 1.54) is 11.8 Å². The summed E-state index contributed by atoms with van der Waals surface area (Å²) < 4.78 is 0. The number of nitrogens with one attached hydrogen (secondary N) is 1. The first-order valence-corrected chi connectivity index (χ1v) is 11.3. The molecule has 4 nitrogen and oxygen atoms in total. The van der Waals surface area contributed by atoms with Crippen LogP contribution in [-0.2, 0) is 16.1 Å². The Bertz CT molecular complexity index is 823. The fourth-order valence-electron chi connectivity index (χ4n) is 2.69. The predicted octanol–water partition coefficient (Wildman–Crippen LogP) is 5.34. The van der Waals surface area contributed by atoms with Gasteiger partial charge in [0.15, 0.2) is 0 Å². The largest absolute Gasteiger partial charge is 0.354 e. The molecule has 0 heterocycles. The van der Waals surface area contributed by atoms with E-state index in [1.54, 1.807) is 30.0 Å². The summed E-state index contributed by atoms with van der Waals surface area (Å²) in [5, 5.41) is 3.81. The lowest BCUT2D eigenvalue weighted by atomic mass is 10.1. The monoisotopic (exact) mass is 452 g/mol. The van der Waals surface area contributed by atoms with Gasteiger partial charge in [-0.05, 0) is 44.5 Å². The van der Waals surface area contributed by atoms with Gasteiger partial charge in [0, 0.05) is 33.6 Å². The highest BCUT2D eigenvalue weighted by Crippen LogP contribution is 2.27. The van der Waals surface area contributed by atoms with Gasteiger partial charge in [-0.1, -0.05) is 53.9 Å². The zero-order valence-electron chi connectivity index (χ0n) is 16.9. The van der Waals surface area contributed by atoms with Crippen LogP contribution >= 0.6 is 35.0 Å². The molecule has 0 radical (unpaired) electrons. The number of benzene rings is 2. The van der Waals surface area contributed by atoms with Gasteiger partial charge in [0.25, 0.3) is 0 Å². The molecule has 0 fully saturated rings. The highest BCUT2D eigenvalue weighted by atomic mass is 35.5. The van der Waals surface area contributed by atoms with Gasteiger partial charge in [0.2, 0.25) is 11.8 Å². The lowest BCUT2D eigenvalue weighted by Crippen LogP contribution is -2.48. The van der Waals surface area contributed by atoms with E-state index in [9.17, 15) is 9.59 Å². The maximum Gasteiger partial charge on any atom is 0.242 e. The standard InChI is InChI=1S/C22H26Cl2N2O2S/c1-4-12-25-22(28)16(3)26(13-18-19(23)6-5-7-20(18)24)21(27)14-29-17-10-8-15(2)9-11-17/h5-11,16H,4,12-14H2,1-3H3,(H,25,28). The van der Waals surface area contributed by atoms with Crippen molar-refractivity contribution in [3.63, 3.8) is 0 Å². The molecule has 2 rings (SSSR count). The molecule has 1 unspecified atom stereocenters. The molecule has 1 N–H and O–H groups in total. The van der Waals surface area contributed by atoms with Gasteiger partial charge in [0.1, 0.15) is 6.04 Å². The van der Waals surface area contributed by atoms with Crippen molar-refractivity contribution in [2.45, 2.75) is 44.7 Å². The van der Waals surface area contributed by atoms with Gasteiger partial charge in [-0.3, -0.25) is 9.59 Å². The van der Waals surface area contributed by atoms with Crippen LogP contribution in [0.3, 0.4) is 0 Å². The summed E-state index contributed by atoms with van der Waals surface area (Å²) in [6, 6.07) is 12.6. The Balaban J connectivity index is 2.19. The number of carbonyl (C=O) groups is 2. The average Bonchev–Trinajstić information content (AvgIpc) is 2.70. The number of halogens is 2. The normalized spacial score (nSPS) is 11.8. The number of aryl methyl sites for hydroxylation is 1. The van der Waals surface area contributed by atoms with Gasteiger partial charge < -0.3 is 10.2 Å². The van der Waals surface area contributed by atoms with Crippen molar-refractivity contribution in [3.05, 3.63) is 63.6 Å². The highest BCUT2D eigenvalue weighted by molar-refractivity contribution is 8.00. The van der Waals surface area contributed by atoms with Crippen molar-refractivity contribution in [2.24, 2.45) is 0 Å². The van der Waals surface area contributed by atoms with E-state index < -0.39 is 6.04 Å². The molecular weight excluding hydrogens is 427 g/mol. The van der Waals surface area contributed by atoms with E-state index >= 15 is 0 Å². The van der Waals surface area contributed by atoms with Crippen LogP contribution in [0.15, 0.2) is 47.4 Å². The summed E-state index contributed by atoms with van der Waals surface area (Å²) in [4.78, 5) is 28.2. The quantitative estimate of drug-likeness (QED) is 0.522. The lowest BCUT2D eigenvalue weighted by Gasteiger charge is -2.29. The van der Waals surface area contributed by atoms with Crippen molar-refractivity contribution >= 4 is 46.8 Å². The van der Waals surface area contributed by atoms with Crippen molar-refractivity contribution in [3.8, 4) is 0 Å². The van der Waals surface area contributed by atoms with E-state index in [0.717, 1.165) is 16.9 Å². The number of hydrogen-bond acceptors (Lipinski definition) is 3. The topological polar surface area (TPSA) is 49.4 Å². The van der Waals surface area contributed by atoms with Crippen LogP contribution in [-0.4, -0.2) is 35.1 Å². The fourth-order valence-corrected chi connectivity index (χ4v) is 4.00. The molecule has 0 aliphatic carbocycles. The molecular formula is C22H26Cl2N2O2S. The number of nitrogens with zero attached hydrogens (tertiary/aromatic N) is 1. The van der Waals surface area contributed by atoms with Crippen LogP contribution in [0, 0.1) is 6.92 Å². The smallest absolute Gasteiger partial charge is 0.242 e. The number of hydrogen-bond donors (Lipinski definition) is 1. The van der Waals surface area contributed by atoms with Crippen LogP contribution in [0.2, 0.25) is 10.0 Å². The van der Waals surface area contributed by atoms with Crippen LogP contribution < -0.4 is 5.32 Å². The third-order valence-electron chi connectivity index (χ3n) is 4.49. The van der Waals surface area contributed by atoms with Crippen LogP contribution in [0.25, 0.3) is 0 Å². The fraction of sp³-hybridized carbons (Fsp3) is 0.364. The van der Waals surface area contributed by atoms with Gasteiger partial charge in [-0.25, -0.2) is 0 Å². The second-order valence-electron chi connectivity index (χ2n) is 6.79. The molecule has 29 heavy (non-hydrogen) atoms.